The van der Waals surface area contributed by atoms with Crippen molar-refractivity contribution >= 4 is 35.0 Å². The summed E-state index contributed by atoms with van der Waals surface area (Å²) >= 11 is 12.0. The van der Waals surface area contributed by atoms with E-state index in [9.17, 15) is 4.79 Å². The van der Waals surface area contributed by atoms with E-state index in [2.05, 4.69) is 4.98 Å². The van der Waals surface area contributed by atoms with Crippen LogP contribution in [0.15, 0.2) is 30.5 Å². The van der Waals surface area contributed by atoms with Crippen molar-refractivity contribution in [3.63, 3.8) is 0 Å². The van der Waals surface area contributed by atoms with E-state index < -0.39 is 5.97 Å². The lowest BCUT2D eigenvalue weighted by molar-refractivity contribution is 0.0696. The molecular weight excluding hydrogens is 303 g/mol. The Morgan fingerprint density at radius 2 is 2.00 bits per heavy atom. The highest BCUT2D eigenvalue weighted by Crippen LogP contribution is 2.27. The minimum Gasteiger partial charge on any atom is -0.485 e. The van der Waals surface area contributed by atoms with Crippen LogP contribution in [-0.2, 0) is 6.61 Å². The van der Waals surface area contributed by atoms with Crippen LogP contribution >= 0.6 is 23.2 Å². The molecular formula is C13H10Cl2N2O3. The number of pyridine rings is 1. The maximum Gasteiger partial charge on any atom is 0.337 e. The van der Waals surface area contributed by atoms with Crippen LogP contribution in [0.3, 0.4) is 0 Å². The van der Waals surface area contributed by atoms with Crippen LogP contribution in [0.5, 0.6) is 5.75 Å². The molecule has 0 bridgehead atoms. The number of carboxylic acid groups (broad SMARTS) is 1. The predicted molar refractivity (Wildman–Crippen MR) is 76.4 cm³/mol. The van der Waals surface area contributed by atoms with Crippen molar-refractivity contribution < 1.29 is 14.6 Å². The number of aromatic carboxylic acids is 1. The number of hydrogen-bond donors (Lipinski definition) is 2. The van der Waals surface area contributed by atoms with E-state index in [4.69, 9.17) is 38.8 Å². The van der Waals surface area contributed by atoms with Gasteiger partial charge in [0.2, 0.25) is 0 Å². The van der Waals surface area contributed by atoms with Gasteiger partial charge in [0, 0.05) is 27.9 Å². The molecule has 1 aromatic carbocycles. The van der Waals surface area contributed by atoms with Gasteiger partial charge in [-0.2, -0.15) is 0 Å². The first-order chi connectivity index (χ1) is 9.49. The molecule has 2 aromatic rings. The monoisotopic (exact) mass is 312 g/mol. The molecule has 0 saturated heterocycles. The Kier molecular flexibility index (Phi) is 4.32. The van der Waals surface area contributed by atoms with Gasteiger partial charge >= 0.3 is 5.97 Å². The lowest BCUT2D eigenvalue weighted by atomic mass is 10.2. The molecule has 0 aliphatic heterocycles. The lowest BCUT2D eigenvalue weighted by Gasteiger charge is -2.11. The highest BCUT2D eigenvalue weighted by Gasteiger charge is 2.11. The molecule has 5 nitrogen and oxygen atoms in total. The van der Waals surface area contributed by atoms with E-state index >= 15 is 0 Å². The van der Waals surface area contributed by atoms with E-state index in [1.54, 1.807) is 18.2 Å². The fraction of sp³-hybridized carbons (Fsp3) is 0.0769. The SMILES string of the molecule is Nc1ncc(C(=O)O)cc1OCc1c(Cl)cccc1Cl. The molecule has 3 N–H and O–H groups in total. The van der Waals surface area contributed by atoms with Crippen LogP contribution < -0.4 is 10.5 Å². The number of aromatic nitrogens is 1. The first kappa shape index (κ1) is 14.4. The second-order valence-corrected chi connectivity index (χ2v) is 4.72. The number of anilines is 1. The minimum absolute atomic E-state index is 0.0144. The summed E-state index contributed by atoms with van der Waals surface area (Å²) in [5.41, 5.74) is 6.21. The van der Waals surface area contributed by atoms with Crippen molar-refractivity contribution in [3.05, 3.63) is 51.6 Å². The maximum absolute atomic E-state index is 10.9. The molecule has 104 valence electrons. The Bertz CT molecular complexity index is 642. The molecule has 0 unspecified atom stereocenters. The lowest BCUT2D eigenvalue weighted by Crippen LogP contribution is -2.05. The van der Waals surface area contributed by atoms with Crippen LogP contribution in [0.2, 0.25) is 10.0 Å². The van der Waals surface area contributed by atoms with E-state index in [0.717, 1.165) is 6.20 Å². The topological polar surface area (TPSA) is 85.4 Å². The summed E-state index contributed by atoms with van der Waals surface area (Å²) in [4.78, 5) is 14.6. The van der Waals surface area contributed by atoms with Gasteiger partial charge in [-0.1, -0.05) is 29.3 Å². The number of rotatable bonds is 4. The molecule has 0 atom stereocenters. The fourth-order valence-corrected chi connectivity index (χ4v) is 2.01. The van der Waals surface area contributed by atoms with Gasteiger partial charge < -0.3 is 15.6 Å². The number of carbonyl (C=O) groups is 1. The van der Waals surface area contributed by atoms with Gasteiger partial charge in [0.05, 0.1) is 5.56 Å². The number of nitrogen functional groups attached to an aromatic ring is 1. The maximum atomic E-state index is 10.9. The van der Waals surface area contributed by atoms with E-state index in [1.807, 2.05) is 0 Å². The molecule has 0 saturated carbocycles. The van der Waals surface area contributed by atoms with Crippen LogP contribution in [0.4, 0.5) is 5.82 Å². The van der Waals surface area contributed by atoms with Crippen LogP contribution in [0.1, 0.15) is 15.9 Å². The third-order valence-electron chi connectivity index (χ3n) is 2.56. The van der Waals surface area contributed by atoms with Gasteiger partial charge in [-0.05, 0) is 12.1 Å². The molecule has 0 spiro atoms. The first-order valence-corrected chi connectivity index (χ1v) is 6.29. The van der Waals surface area contributed by atoms with Crippen molar-refractivity contribution in [2.75, 3.05) is 5.73 Å². The Hall–Kier alpha value is -1.98. The fourth-order valence-electron chi connectivity index (χ4n) is 1.51. The molecule has 20 heavy (non-hydrogen) atoms. The van der Waals surface area contributed by atoms with Crippen molar-refractivity contribution in [1.29, 1.82) is 0 Å². The van der Waals surface area contributed by atoms with Crippen molar-refractivity contribution in [3.8, 4) is 5.75 Å². The predicted octanol–water partition coefficient (Wildman–Crippen LogP) is 3.25. The standard InChI is InChI=1S/C13H10Cl2N2O3/c14-9-2-1-3-10(15)8(9)6-20-11-4-7(13(18)19)5-17-12(11)16/h1-5H,6H2,(H2,16,17)(H,18,19). The Morgan fingerprint density at radius 1 is 1.35 bits per heavy atom. The summed E-state index contributed by atoms with van der Waals surface area (Å²) in [6.07, 6.45) is 1.16. The zero-order valence-electron chi connectivity index (χ0n) is 10.1. The van der Waals surface area contributed by atoms with Gasteiger partial charge in [-0.25, -0.2) is 9.78 Å². The molecule has 2 rings (SSSR count). The third-order valence-corrected chi connectivity index (χ3v) is 3.27. The molecule has 0 amide bonds. The van der Waals surface area contributed by atoms with Crippen LogP contribution in [0, 0.1) is 0 Å². The number of benzene rings is 1. The number of halogens is 2. The molecule has 1 aromatic heterocycles. The van der Waals surface area contributed by atoms with Gasteiger partial charge in [0.15, 0.2) is 11.6 Å². The van der Waals surface area contributed by atoms with E-state index in [0.29, 0.717) is 15.6 Å². The normalized spacial score (nSPS) is 10.3. The van der Waals surface area contributed by atoms with Crippen molar-refractivity contribution in [2.45, 2.75) is 6.61 Å². The number of nitrogens with zero attached hydrogens (tertiary/aromatic N) is 1. The van der Waals surface area contributed by atoms with E-state index in [-0.39, 0.29) is 23.7 Å². The summed E-state index contributed by atoms with van der Waals surface area (Å²) in [5.74, 6) is -0.850. The summed E-state index contributed by atoms with van der Waals surface area (Å²) in [6, 6.07) is 6.38. The highest BCUT2D eigenvalue weighted by atomic mass is 35.5. The zero-order valence-corrected chi connectivity index (χ0v) is 11.6. The van der Waals surface area contributed by atoms with Crippen LogP contribution in [0.25, 0.3) is 0 Å². The average Bonchev–Trinajstić information content (AvgIpc) is 2.39. The summed E-state index contributed by atoms with van der Waals surface area (Å²) in [5, 5.41) is 9.81. The number of nitrogens with two attached hydrogens (primary N) is 1. The van der Waals surface area contributed by atoms with E-state index in [1.165, 1.54) is 6.07 Å². The summed E-state index contributed by atoms with van der Waals surface area (Å²) in [6.45, 7) is 0.0630. The second-order valence-electron chi connectivity index (χ2n) is 3.90. The number of hydrogen-bond acceptors (Lipinski definition) is 4. The Morgan fingerprint density at radius 3 is 2.60 bits per heavy atom. The first-order valence-electron chi connectivity index (χ1n) is 5.53. The average molecular weight is 313 g/mol. The molecule has 1 heterocycles. The summed E-state index contributed by atoms with van der Waals surface area (Å²) < 4.78 is 5.46. The zero-order chi connectivity index (χ0) is 14.7. The minimum atomic E-state index is -1.11. The largest absolute Gasteiger partial charge is 0.485 e. The second kappa shape index (κ2) is 5.98. The third kappa shape index (κ3) is 3.12. The Labute approximate surface area is 124 Å². The van der Waals surface area contributed by atoms with Gasteiger partial charge in [0.25, 0.3) is 0 Å². The number of carboxylic acids is 1. The molecule has 0 fully saturated rings. The van der Waals surface area contributed by atoms with Gasteiger partial charge in [0.1, 0.15) is 6.61 Å². The molecule has 0 aliphatic rings. The highest BCUT2D eigenvalue weighted by molar-refractivity contribution is 6.35. The van der Waals surface area contributed by atoms with Crippen molar-refractivity contribution in [1.82, 2.24) is 4.98 Å². The van der Waals surface area contributed by atoms with Crippen molar-refractivity contribution in [2.24, 2.45) is 0 Å². The Balaban J connectivity index is 2.23. The number of ether oxygens (including phenoxy) is 1. The molecule has 7 heteroatoms. The molecule has 0 aliphatic carbocycles. The smallest absolute Gasteiger partial charge is 0.337 e. The molecule has 0 radical (unpaired) electrons. The van der Waals surface area contributed by atoms with Gasteiger partial charge in [-0.15, -0.1) is 0 Å². The summed E-state index contributed by atoms with van der Waals surface area (Å²) in [7, 11) is 0. The van der Waals surface area contributed by atoms with Gasteiger partial charge in [-0.3, -0.25) is 0 Å². The van der Waals surface area contributed by atoms with Crippen LogP contribution in [-0.4, -0.2) is 16.1 Å². The quantitative estimate of drug-likeness (QED) is 0.905.